The Morgan fingerprint density at radius 1 is 0.980 bits per heavy atom. The van der Waals surface area contributed by atoms with E-state index in [1.165, 1.54) is 4.90 Å². The molecule has 13 nitrogen and oxygen atoms in total. The summed E-state index contributed by atoms with van der Waals surface area (Å²) in [4.78, 5) is 42.5. The molecule has 2 fully saturated rings. The third-order valence-corrected chi connectivity index (χ3v) is 9.81. The molecule has 0 bridgehead atoms. The van der Waals surface area contributed by atoms with E-state index in [4.69, 9.17) is 14.2 Å². The number of rotatable bonds is 12. The van der Waals surface area contributed by atoms with Crippen LogP contribution in [-0.2, 0) is 35.0 Å². The van der Waals surface area contributed by atoms with Crippen molar-refractivity contribution in [2.45, 2.75) is 128 Å². The van der Waals surface area contributed by atoms with E-state index in [1.807, 2.05) is 63.3 Å². The van der Waals surface area contributed by atoms with Crippen LogP contribution in [0.4, 0.5) is 0 Å². The molecule has 0 radical (unpaired) electrons. The maximum Gasteiger partial charge on any atom is 0.329 e. The van der Waals surface area contributed by atoms with Crippen molar-refractivity contribution in [3.63, 3.8) is 0 Å². The van der Waals surface area contributed by atoms with Crippen molar-refractivity contribution in [2.24, 2.45) is 17.8 Å². The second kappa shape index (κ2) is 18.9. The van der Waals surface area contributed by atoms with Crippen LogP contribution in [0.25, 0.3) is 0 Å². The summed E-state index contributed by atoms with van der Waals surface area (Å²) >= 11 is 0. The fourth-order valence-corrected chi connectivity index (χ4v) is 6.18. The van der Waals surface area contributed by atoms with Gasteiger partial charge in [0.1, 0.15) is 42.6 Å². The summed E-state index contributed by atoms with van der Waals surface area (Å²) in [6.07, 6.45) is -3.83. The summed E-state index contributed by atoms with van der Waals surface area (Å²) in [5.74, 6) is -2.87. The Hall–Kier alpha value is -2.91. The fraction of sp³-hybridized carbons (Fsp3) is 0.694. The van der Waals surface area contributed by atoms with Crippen molar-refractivity contribution >= 4 is 17.8 Å². The monoisotopic (exact) mass is 692 g/mol. The first-order valence-corrected chi connectivity index (χ1v) is 17.3. The van der Waals surface area contributed by atoms with Gasteiger partial charge >= 0.3 is 5.97 Å². The molecular formula is C36H56N2O11. The van der Waals surface area contributed by atoms with Crippen LogP contribution in [0.2, 0.25) is 0 Å². The number of aliphatic hydroxyl groups is 5. The fourth-order valence-electron chi connectivity index (χ4n) is 6.18. The van der Waals surface area contributed by atoms with Gasteiger partial charge in [-0.15, -0.1) is 0 Å². The molecule has 6 N–H and O–H groups in total. The first kappa shape index (κ1) is 40.5. The van der Waals surface area contributed by atoms with Gasteiger partial charge in [-0.25, -0.2) is 4.79 Å². The number of allylic oxidation sites excluding steroid dienone is 1. The van der Waals surface area contributed by atoms with Crippen molar-refractivity contribution in [1.29, 1.82) is 0 Å². The molecule has 13 heteroatoms. The highest BCUT2D eigenvalue weighted by atomic mass is 16.7. The van der Waals surface area contributed by atoms with Gasteiger partial charge in [0.15, 0.2) is 6.29 Å². The molecular weight excluding hydrogens is 636 g/mol. The van der Waals surface area contributed by atoms with Crippen molar-refractivity contribution in [3.05, 3.63) is 48.0 Å². The molecule has 0 spiro atoms. The first-order chi connectivity index (χ1) is 23.2. The number of likely N-dealkylation sites (N-methyl/N-ethyl adjacent to an activating group) is 1. The van der Waals surface area contributed by atoms with E-state index in [9.17, 15) is 39.9 Å². The van der Waals surface area contributed by atoms with Crippen LogP contribution < -0.4 is 5.32 Å². The molecule has 0 saturated carbocycles. The molecule has 3 rings (SSSR count). The third kappa shape index (κ3) is 10.8. The lowest BCUT2D eigenvalue weighted by Gasteiger charge is -2.40. The lowest BCUT2D eigenvalue weighted by molar-refractivity contribution is -0.309. The van der Waals surface area contributed by atoms with E-state index in [0.29, 0.717) is 19.3 Å². The quantitative estimate of drug-likeness (QED) is 0.136. The van der Waals surface area contributed by atoms with E-state index in [-0.39, 0.29) is 24.7 Å². The highest BCUT2D eigenvalue weighted by Gasteiger charge is 2.44. The van der Waals surface area contributed by atoms with Crippen molar-refractivity contribution < 1.29 is 54.1 Å². The molecule has 2 heterocycles. The Morgan fingerprint density at radius 3 is 2.27 bits per heavy atom. The second-order valence-corrected chi connectivity index (χ2v) is 13.7. The van der Waals surface area contributed by atoms with Crippen LogP contribution in [0.1, 0.15) is 65.9 Å². The van der Waals surface area contributed by atoms with Crippen LogP contribution in [0.5, 0.6) is 0 Å². The molecule has 2 aliphatic heterocycles. The van der Waals surface area contributed by atoms with Crippen molar-refractivity contribution in [3.8, 4) is 0 Å². The van der Waals surface area contributed by atoms with Crippen LogP contribution >= 0.6 is 0 Å². The lowest BCUT2D eigenvalue weighted by Crippen LogP contribution is -2.59. The van der Waals surface area contributed by atoms with Crippen molar-refractivity contribution in [1.82, 2.24) is 10.2 Å². The summed E-state index contributed by atoms with van der Waals surface area (Å²) in [6.45, 7) is 8.44. The smallest absolute Gasteiger partial charge is 0.329 e. The van der Waals surface area contributed by atoms with Gasteiger partial charge < -0.3 is 50.0 Å². The normalized spacial score (nSPS) is 34.0. The number of benzene rings is 1. The van der Waals surface area contributed by atoms with Crippen LogP contribution in [0.15, 0.2) is 42.5 Å². The standard InChI is InChI=1S/C36H56N2O11/c1-7-20(2)29-35(46)48-27(21(3)13-11-12-14-22(4)47-36-32(43)31(42)30(41)28(19-39)49-36)18-26(40)23(5)33(44)37-25(34(45)38(29)6)17-24-15-9-8-10-16-24/h8-12,15-16,20-23,25-32,36,39-43H,7,13-14,17-19H2,1-6H3,(H,37,44)/b12-11+/t20-,21+,22+,23+,25-,26-,27-,28+,29-,30+,31-,32-,36+/m0/s1. The molecule has 276 valence electrons. The van der Waals surface area contributed by atoms with E-state index >= 15 is 0 Å². The topological polar surface area (TPSA) is 195 Å². The molecule has 0 aliphatic carbocycles. The summed E-state index contributed by atoms with van der Waals surface area (Å²) in [5.41, 5.74) is 0.842. The summed E-state index contributed by atoms with van der Waals surface area (Å²) in [7, 11) is 1.56. The molecule has 0 unspecified atom stereocenters. The molecule has 2 amide bonds. The van der Waals surface area contributed by atoms with Gasteiger partial charge in [0.2, 0.25) is 11.8 Å². The average Bonchev–Trinajstić information content (AvgIpc) is 3.08. The average molecular weight is 693 g/mol. The van der Waals surface area contributed by atoms with Gasteiger partial charge in [0.05, 0.1) is 24.7 Å². The molecule has 2 saturated heterocycles. The van der Waals surface area contributed by atoms with Crippen LogP contribution in [-0.4, -0.2) is 123 Å². The molecule has 2 aliphatic rings. The predicted molar refractivity (Wildman–Crippen MR) is 180 cm³/mol. The Morgan fingerprint density at radius 2 is 1.63 bits per heavy atom. The van der Waals surface area contributed by atoms with E-state index in [1.54, 1.807) is 20.9 Å². The number of nitrogens with zero attached hydrogens (tertiary/aromatic N) is 1. The van der Waals surface area contributed by atoms with Gasteiger partial charge in [-0.1, -0.05) is 76.6 Å². The zero-order chi connectivity index (χ0) is 36.4. The maximum atomic E-state index is 13.9. The zero-order valence-corrected chi connectivity index (χ0v) is 29.4. The number of amides is 2. The molecule has 1 aromatic carbocycles. The highest BCUT2D eigenvalue weighted by Crippen LogP contribution is 2.27. The maximum absolute atomic E-state index is 13.9. The Bertz CT molecular complexity index is 1230. The van der Waals surface area contributed by atoms with Gasteiger partial charge in [-0.05, 0) is 37.2 Å². The number of hydrogen-bond donors (Lipinski definition) is 6. The number of ether oxygens (including phenoxy) is 3. The number of aliphatic hydroxyl groups excluding tert-OH is 5. The molecule has 1 aromatic rings. The molecule has 49 heavy (non-hydrogen) atoms. The van der Waals surface area contributed by atoms with E-state index in [0.717, 1.165) is 5.56 Å². The number of esters is 1. The van der Waals surface area contributed by atoms with E-state index in [2.05, 4.69) is 5.32 Å². The van der Waals surface area contributed by atoms with Crippen LogP contribution in [0.3, 0.4) is 0 Å². The Labute approximate surface area is 289 Å². The number of carbonyl (C=O) groups excluding carboxylic acids is 3. The zero-order valence-electron chi connectivity index (χ0n) is 29.4. The van der Waals surface area contributed by atoms with Gasteiger partial charge in [-0.2, -0.15) is 0 Å². The molecule has 13 atom stereocenters. The highest BCUT2D eigenvalue weighted by molar-refractivity contribution is 5.91. The second-order valence-electron chi connectivity index (χ2n) is 13.7. The SMILES string of the molecule is CC[C@H](C)[C@H]1C(=O)O[C@H]([C@H](C)C/C=C/C[C@@H](C)O[C@@H]2O[C@H](CO)[C@@H](O)[C@H](O)[C@@H]2O)C[C@H](O)[C@@H](C)C(=O)N[C@@H](Cc2ccccc2)C(=O)N1C. The van der Waals surface area contributed by atoms with Crippen LogP contribution in [0, 0.1) is 17.8 Å². The van der Waals surface area contributed by atoms with Crippen molar-refractivity contribution in [2.75, 3.05) is 13.7 Å². The number of nitrogens with one attached hydrogen (secondary N) is 1. The largest absolute Gasteiger partial charge is 0.460 e. The van der Waals surface area contributed by atoms with Gasteiger partial charge in [0.25, 0.3) is 0 Å². The lowest BCUT2D eigenvalue weighted by atomic mass is 9.89. The Balaban J connectivity index is 1.73. The van der Waals surface area contributed by atoms with E-state index < -0.39 is 91.4 Å². The third-order valence-electron chi connectivity index (χ3n) is 9.81. The Kier molecular flexibility index (Phi) is 15.6. The minimum absolute atomic E-state index is 0.0141. The first-order valence-electron chi connectivity index (χ1n) is 17.3. The predicted octanol–water partition coefficient (Wildman–Crippen LogP) is 1.08. The van der Waals surface area contributed by atoms with Gasteiger partial charge in [-0.3, -0.25) is 9.59 Å². The number of cyclic esters (lactones) is 1. The summed E-state index contributed by atoms with van der Waals surface area (Å²) in [6, 6.07) is 7.43. The van der Waals surface area contributed by atoms with Gasteiger partial charge in [0, 0.05) is 19.9 Å². The summed E-state index contributed by atoms with van der Waals surface area (Å²) < 4.78 is 17.2. The number of hydrogen-bond acceptors (Lipinski definition) is 11. The number of carbonyl (C=O) groups is 3. The minimum atomic E-state index is -1.54. The summed E-state index contributed by atoms with van der Waals surface area (Å²) in [5, 5.41) is 53.7. The molecule has 0 aromatic heterocycles. The minimum Gasteiger partial charge on any atom is -0.460 e.